The van der Waals surface area contributed by atoms with Crippen LogP contribution in [0, 0.1) is 5.41 Å². The number of ether oxygens (including phenoxy) is 3. The number of methoxy groups -OCH3 is 1. The highest BCUT2D eigenvalue weighted by molar-refractivity contribution is 6.03. The molecule has 164 valence electrons. The molecule has 0 fully saturated rings. The molecule has 1 atom stereocenters. The summed E-state index contributed by atoms with van der Waals surface area (Å²) in [6, 6.07) is 14.3. The highest BCUT2D eigenvalue weighted by atomic mass is 16.6. The summed E-state index contributed by atoms with van der Waals surface area (Å²) in [7, 11) is 1.57. The summed E-state index contributed by atoms with van der Waals surface area (Å²) in [4.78, 5) is 39.2. The van der Waals surface area contributed by atoms with Crippen molar-refractivity contribution in [2.24, 2.45) is 5.41 Å². The number of hydrogen-bond donors (Lipinski definition) is 1. The zero-order valence-corrected chi connectivity index (χ0v) is 18.0. The molecule has 0 aliphatic heterocycles. The first kappa shape index (κ1) is 22.3. The van der Waals surface area contributed by atoms with Crippen molar-refractivity contribution < 1.29 is 28.6 Å². The first-order valence-corrected chi connectivity index (χ1v) is 10.3. The number of benzene rings is 2. The number of amides is 1. The fraction of sp³-hybridized carbons (Fsp3) is 0.375. The molecule has 1 aliphatic carbocycles. The second-order valence-electron chi connectivity index (χ2n) is 7.37. The fourth-order valence-electron chi connectivity index (χ4n) is 3.96. The molecule has 1 aliphatic rings. The van der Waals surface area contributed by atoms with Crippen molar-refractivity contribution >= 4 is 23.5 Å². The van der Waals surface area contributed by atoms with Crippen molar-refractivity contribution in [1.29, 1.82) is 0 Å². The Balaban J connectivity index is 1.98. The van der Waals surface area contributed by atoms with Crippen molar-refractivity contribution in [2.75, 3.05) is 25.6 Å². The lowest BCUT2D eigenvalue weighted by atomic mass is 9.66. The normalized spacial score (nSPS) is 16.5. The van der Waals surface area contributed by atoms with Gasteiger partial charge in [0.05, 0.1) is 26.2 Å². The maximum Gasteiger partial charge on any atom is 0.323 e. The van der Waals surface area contributed by atoms with E-state index < -0.39 is 23.3 Å². The summed E-state index contributed by atoms with van der Waals surface area (Å²) in [6.07, 6.45) is 0.108. The van der Waals surface area contributed by atoms with Crippen LogP contribution in [0.15, 0.2) is 48.5 Å². The number of fused-ring (bicyclic) bond motifs is 1. The number of hydrogen-bond acceptors (Lipinski definition) is 6. The van der Waals surface area contributed by atoms with Gasteiger partial charge < -0.3 is 19.5 Å². The van der Waals surface area contributed by atoms with Crippen LogP contribution in [0.2, 0.25) is 0 Å². The summed E-state index contributed by atoms with van der Waals surface area (Å²) in [5, 5.41) is 2.88. The number of rotatable bonds is 7. The summed E-state index contributed by atoms with van der Waals surface area (Å²) < 4.78 is 15.7. The predicted octanol–water partition coefficient (Wildman–Crippen LogP) is 3.48. The van der Waals surface area contributed by atoms with Gasteiger partial charge in [-0.1, -0.05) is 24.3 Å². The van der Waals surface area contributed by atoms with Gasteiger partial charge in [0.1, 0.15) is 5.75 Å². The minimum atomic E-state index is -1.57. The molecule has 0 bridgehead atoms. The highest BCUT2D eigenvalue weighted by Crippen LogP contribution is 2.45. The fourth-order valence-corrected chi connectivity index (χ4v) is 3.96. The average Bonchev–Trinajstić information content (AvgIpc) is 2.79. The van der Waals surface area contributed by atoms with E-state index in [0.29, 0.717) is 11.4 Å². The minimum Gasteiger partial charge on any atom is -0.497 e. The second kappa shape index (κ2) is 9.64. The SMILES string of the molecule is CCOC(=O)C1(C(=O)OCC)Cc2ccccc2C(C(=O)Nc2ccc(OC)cc2)C1. The van der Waals surface area contributed by atoms with Gasteiger partial charge in [-0.3, -0.25) is 14.4 Å². The van der Waals surface area contributed by atoms with Crippen LogP contribution in [0.1, 0.15) is 37.3 Å². The van der Waals surface area contributed by atoms with Crippen LogP contribution >= 0.6 is 0 Å². The summed E-state index contributed by atoms with van der Waals surface area (Å²) in [5.74, 6) is -1.68. The Morgan fingerprint density at radius 1 is 0.968 bits per heavy atom. The van der Waals surface area contributed by atoms with Crippen molar-refractivity contribution in [3.8, 4) is 5.75 Å². The molecule has 7 heteroatoms. The molecular weight excluding hydrogens is 398 g/mol. The molecule has 3 rings (SSSR count). The summed E-state index contributed by atoms with van der Waals surface area (Å²) >= 11 is 0. The molecule has 7 nitrogen and oxygen atoms in total. The van der Waals surface area contributed by atoms with Gasteiger partial charge in [0, 0.05) is 5.69 Å². The Kier molecular flexibility index (Phi) is 6.95. The van der Waals surface area contributed by atoms with Crippen LogP contribution in [0.25, 0.3) is 0 Å². The molecule has 1 unspecified atom stereocenters. The van der Waals surface area contributed by atoms with Gasteiger partial charge in [-0.05, 0) is 62.1 Å². The van der Waals surface area contributed by atoms with E-state index in [1.165, 1.54) is 0 Å². The summed E-state index contributed by atoms with van der Waals surface area (Å²) in [5.41, 5.74) is 0.566. The third kappa shape index (κ3) is 4.55. The van der Waals surface area contributed by atoms with Crippen LogP contribution in [-0.4, -0.2) is 38.2 Å². The quantitative estimate of drug-likeness (QED) is 0.540. The van der Waals surface area contributed by atoms with E-state index in [9.17, 15) is 14.4 Å². The smallest absolute Gasteiger partial charge is 0.323 e. The predicted molar refractivity (Wildman–Crippen MR) is 115 cm³/mol. The van der Waals surface area contributed by atoms with Crippen LogP contribution in [0.3, 0.4) is 0 Å². The van der Waals surface area contributed by atoms with E-state index in [1.807, 2.05) is 24.3 Å². The molecule has 31 heavy (non-hydrogen) atoms. The third-order valence-corrected chi connectivity index (χ3v) is 5.48. The summed E-state index contributed by atoms with van der Waals surface area (Å²) in [6.45, 7) is 3.62. The maximum atomic E-state index is 13.3. The molecule has 2 aromatic carbocycles. The van der Waals surface area contributed by atoms with Gasteiger partial charge in [-0.25, -0.2) is 0 Å². The van der Waals surface area contributed by atoms with Crippen LogP contribution < -0.4 is 10.1 Å². The molecule has 2 aromatic rings. The Hall–Kier alpha value is -3.35. The number of nitrogens with one attached hydrogen (secondary N) is 1. The van der Waals surface area contributed by atoms with E-state index >= 15 is 0 Å². The first-order chi connectivity index (χ1) is 14.9. The lowest BCUT2D eigenvalue weighted by Crippen LogP contribution is -2.48. The zero-order chi connectivity index (χ0) is 22.4. The third-order valence-electron chi connectivity index (χ3n) is 5.48. The van der Waals surface area contributed by atoms with Gasteiger partial charge in [0.15, 0.2) is 5.41 Å². The minimum absolute atomic E-state index is 0.0241. The lowest BCUT2D eigenvalue weighted by molar-refractivity contribution is -0.173. The van der Waals surface area contributed by atoms with Gasteiger partial charge in [0.25, 0.3) is 0 Å². The van der Waals surface area contributed by atoms with Crippen LogP contribution in [-0.2, 0) is 30.3 Å². The van der Waals surface area contributed by atoms with Gasteiger partial charge in [-0.15, -0.1) is 0 Å². The first-order valence-electron chi connectivity index (χ1n) is 10.3. The molecule has 0 saturated carbocycles. The Labute approximate surface area is 181 Å². The standard InChI is InChI=1S/C24H27NO6/c1-4-30-22(27)24(23(28)31-5-2)14-16-8-6-7-9-19(16)20(15-24)21(26)25-17-10-12-18(29-3)13-11-17/h6-13,20H,4-5,14-15H2,1-3H3,(H,25,26). The Bertz CT molecular complexity index is 935. The van der Waals surface area contributed by atoms with E-state index in [2.05, 4.69) is 5.32 Å². The van der Waals surface area contributed by atoms with Crippen molar-refractivity contribution in [1.82, 2.24) is 0 Å². The molecular formula is C24H27NO6. The topological polar surface area (TPSA) is 90.9 Å². The van der Waals surface area contributed by atoms with E-state index in [4.69, 9.17) is 14.2 Å². The van der Waals surface area contributed by atoms with Crippen LogP contribution in [0.5, 0.6) is 5.75 Å². The number of carbonyl (C=O) groups excluding carboxylic acids is 3. The van der Waals surface area contributed by atoms with E-state index in [0.717, 1.165) is 11.1 Å². The second-order valence-corrected chi connectivity index (χ2v) is 7.37. The number of anilines is 1. The van der Waals surface area contributed by atoms with Crippen LogP contribution in [0.4, 0.5) is 5.69 Å². The molecule has 0 spiro atoms. The molecule has 1 amide bonds. The van der Waals surface area contributed by atoms with Gasteiger partial charge >= 0.3 is 11.9 Å². The van der Waals surface area contributed by atoms with E-state index in [-0.39, 0.29) is 32.0 Å². The highest BCUT2D eigenvalue weighted by Gasteiger charge is 2.54. The van der Waals surface area contributed by atoms with E-state index in [1.54, 1.807) is 45.2 Å². The Morgan fingerprint density at radius 2 is 1.58 bits per heavy atom. The number of carbonyl (C=O) groups is 3. The maximum absolute atomic E-state index is 13.3. The Morgan fingerprint density at radius 3 is 2.16 bits per heavy atom. The van der Waals surface area contributed by atoms with Crippen molar-refractivity contribution in [3.05, 3.63) is 59.7 Å². The van der Waals surface area contributed by atoms with Gasteiger partial charge in [0.2, 0.25) is 5.91 Å². The molecule has 0 aromatic heterocycles. The molecule has 0 saturated heterocycles. The zero-order valence-electron chi connectivity index (χ0n) is 18.0. The molecule has 1 N–H and O–H groups in total. The van der Waals surface area contributed by atoms with Crippen molar-refractivity contribution in [2.45, 2.75) is 32.6 Å². The molecule has 0 heterocycles. The average molecular weight is 425 g/mol. The monoisotopic (exact) mass is 425 g/mol. The lowest BCUT2D eigenvalue weighted by Gasteiger charge is -2.37. The van der Waals surface area contributed by atoms with Gasteiger partial charge in [-0.2, -0.15) is 0 Å². The van der Waals surface area contributed by atoms with Crippen molar-refractivity contribution in [3.63, 3.8) is 0 Å². The number of esters is 2. The molecule has 0 radical (unpaired) electrons. The largest absolute Gasteiger partial charge is 0.497 e.